The summed E-state index contributed by atoms with van der Waals surface area (Å²) in [6.07, 6.45) is 4.57. The zero-order chi connectivity index (χ0) is 10.4. The van der Waals surface area contributed by atoms with E-state index in [1.807, 2.05) is 12.3 Å². The summed E-state index contributed by atoms with van der Waals surface area (Å²) in [6.45, 7) is 2.90. The molecule has 0 spiro atoms. The molecule has 1 unspecified atom stereocenters. The van der Waals surface area contributed by atoms with Gasteiger partial charge in [-0.3, -0.25) is 4.98 Å². The standard InChI is InChI=1S/C10H15BrN2O/c1-8(3-4-14-2)13-10-5-9(11)6-12-7-10/h5-8,13H,3-4H2,1-2H3. The van der Waals surface area contributed by atoms with E-state index in [0.29, 0.717) is 6.04 Å². The molecule has 0 bridgehead atoms. The van der Waals surface area contributed by atoms with Gasteiger partial charge in [0.05, 0.1) is 11.9 Å². The number of anilines is 1. The lowest BCUT2D eigenvalue weighted by molar-refractivity contribution is 0.191. The molecule has 0 fully saturated rings. The summed E-state index contributed by atoms with van der Waals surface area (Å²) in [4.78, 5) is 4.08. The van der Waals surface area contributed by atoms with Crippen molar-refractivity contribution in [2.24, 2.45) is 0 Å². The summed E-state index contributed by atoms with van der Waals surface area (Å²) in [5.41, 5.74) is 1.03. The third-order valence-corrected chi connectivity index (χ3v) is 2.31. The number of ether oxygens (including phenoxy) is 1. The number of aromatic nitrogens is 1. The van der Waals surface area contributed by atoms with Gasteiger partial charge >= 0.3 is 0 Å². The van der Waals surface area contributed by atoms with Crippen molar-refractivity contribution < 1.29 is 4.74 Å². The third-order valence-electron chi connectivity index (χ3n) is 1.87. The first kappa shape index (κ1) is 11.5. The Morgan fingerprint density at radius 3 is 3.00 bits per heavy atom. The second-order valence-corrected chi connectivity index (χ2v) is 4.13. The van der Waals surface area contributed by atoms with E-state index in [2.05, 4.69) is 33.2 Å². The van der Waals surface area contributed by atoms with Crippen LogP contribution in [0.1, 0.15) is 13.3 Å². The van der Waals surface area contributed by atoms with Crippen LogP contribution < -0.4 is 5.32 Å². The van der Waals surface area contributed by atoms with Gasteiger partial charge in [0.25, 0.3) is 0 Å². The maximum absolute atomic E-state index is 5.01. The average Bonchev–Trinajstić information content (AvgIpc) is 2.15. The van der Waals surface area contributed by atoms with Gasteiger partial charge in [-0.15, -0.1) is 0 Å². The third kappa shape index (κ3) is 4.07. The maximum Gasteiger partial charge on any atom is 0.0540 e. The first-order valence-electron chi connectivity index (χ1n) is 4.58. The number of halogens is 1. The van der Waals surface area contributed by atoms with Crippen molar-refractivity contribution in [2.45, 2.75) is 19.4 Å². The molecule has 0 saturated heterocycles. The van der Waals surface area contributed by atoms with Crippen molar-refractivity contribution in [1.29, 1.82) is 0 Å². The normalized spacial score (nSPS) is 12.5. The van der Waals surface area contributed by atoms with E-state index in [1.54, 1.807) is 13.3 Å². The lowest BCUT2D eigenvalue weighted by Gasteiger charge is -2.14. The predicted octanol–water partition coefficient (Wildman–Crippen LogP) is 2.68. The molecule has 0 amide bonds. The van der Waals surface area contributed by atoms with Gasteiger partial charge in [0.15, 0.2) is 0 Å². The van der Waals surface area contributed by atoms with Crippen LogP contribution in [-0.4, -0.2) is 24.7 Å². The van der Waals surface area contributed by atoms with Crippen molar-refractivity contribution in [3.63, 3.8) is 0 Å². The van der Waals surface area contributed by atoms with Gasteiger partial charge < -0.3 is 10.1 Å². The maximum atomic E-state index is 5.01. The second-order valence-electron chi connectivity index (χ2n) is 3.22. The average molecular weight is 259 g/mol. The minimum Gasteiger partial charge on any atom is -0.385 e. The monoisotopic (exact) mass is 258 g/mol. The fraction of sp³-hybridized carbons (Fsp3) is 0.500. The van der Waals surface area contributed by atoms with Crippen molar-refractivity contribution >= 4 is 21.6 Å². The van der Waals surface area contributed by atoms with Crippen LogP contribution >= 0.6 is 15.9 Å². The predicted molar refractivity (Wildman–Crippen MR) is 61.5 cm³/mol. The highest BCUT2D eigenvalue weighted by Gasteiger charge is 2.01. The zero-order valence-electron chi connectivity index (χ0n) is 8.46. The Kier molecular flexibility index (Phi) is 4.90. The van der Waals surface area contributed by atoms with Crippen molar-refractivity contribution in [3.8, 4) is 0 Å². The van der Waals surface area contributed by atoms with Crippen LogP contribution in [0.2, 0.25) is 0 Å². The lowest BCUT2D eigenvalue weighted by Crippen LogP contribution is -2.17. The van der Waals surface area contributed by atoms with Crippen LogP contribution in [0.15, 0.2) is 22.9 Å². The highest BCUT2D eigenvalue weighted by atomic mass is 79.9. The molecule has 0 aromatic carbocycles. The van der Waals surface area contributed by atoms with E-state index < -0.39 is 0 Å². The molecule has 0 radical (unpaired) electrons. The first-order chi connectivity index (χ1) is 6.72. The number of nitrogens with one attached hydrogen (secondary N) is 1. The number of pyridine rings is 1. The Balaban J connectivity index is 2.43. The Morgan fingerprint density at radius 2 is 2.36 bits per heavy atom. The summed E-state index contributed by atoms with van der Waals surface area (Å²) in [5.74, 6) is 0. The number of nitrogens with zero attached hydrogens (tertiary/aromatic N) is 1. The minimum atomic E-state index is 0.394. The molecule has 1 N–H and O–H groups in total. The molecule has 1 rings (SSSR count). The number of hydrogen-bond acceptors (Lipinski definition) is 3. The number of rotatable bonds is 5. The van der Waals surface area contributed by atoms with E-state index in [0.717, 1.165) is 23.2 Å². The first-order valence-corrected chi connectivity index (χ1v) is 5.37. The van der Waals surface area contributed by atoms with Gasteiger partial charge in [-0.2, -0.15) is 0 Å². The highest BCUT2D eigenvalue weighted by Crippen LogP contribution is 2.14. The lowest BCUT2D eigenvalue weighted by atomic mass is 10.2. The molecule has 4 heteroatoms. The molecule has 1 heterocycles. The van der Waals surface area contributed by atoms with Crippen molar-refractivity contribution in [3.05, 3.63) is 22.9 Å². The van der Waals surface area contributed by atoms with Crippen LogP contribution in [0.25, 0.3) is 0 Å². The van der Waals surface area contributed by atoms with Gasteiger partial charge in [-0.1, -0.05) is 0 Å². The molecule has 3 nitrogen and oxygen atoms in total. The molecule has 0 aliphatic rings. The molecule has 1 aromatic heterocycles. The van der Waals surface area contributed by atoms with E-state index in [-0.39, 0.29) is 0 Å². The molecule has 14 heavy (non-hydrogen) atoms. The topological polar surface area (TPSA) is 34.1 Å². The molecule has 0 aliphatic heterocycles. The fourth-order valence-corrected chi connectivity index (χ4v) is 1.51. The summed E-state index contributed by atoms with van der Waals surface area (Å²) in [7, 11) is 1.72. The fourth-order valence-electron chi connectivity index (χ4n) is 1.14. The van der Waals surface area contributed by atoms with Crippen LogP contribution in [0, 0.1) is 0 Å². The zero-order valence-corrected chi connectivity index (χ0v) is 10.0. The Bertz CT molecular complexity index is 281. The Labute approximate surface area is 93.0 Å². The van der Waals surface area contributed by atoms with Gasteiger partial charge in [0, 0.05) is 30.4 Å². The molecular formula is C10H15BrN2O. The molecule has 1 aromatic rings. The van der Waals surface area contributed by atoms with Crippen molar-refractivity contribution in [2.75, 3.05) is 19.0 Å². The van der Waals surface area contributed by atoms with E-state index in [9.17, 15) is 0 Å². The molecule has 0 saturated carbocycles. The van der Waals surface area contributed by atoms with E-state index >= 15 is 0 Å². The Morgan fingerprint density at radius 1 is 1.57 bits per heavy atom. The van der Waals surface area contributed by atoms with Gasteiger partial charge in [-0.05, 0) is 35.3 Å². The summed E-state index contributed by atoms with van der Waals surface area (Å²) in [6, 6.07) is 2.40. The molecule has 78 valence electrons. The number of hydrogen-bond donors (Lipinski definition) is 1. The van der Waals surface area contributed by atoms with E-state index in [4.69, 9.17) is 4.74 Å². The van der Waals surface area contributed by atoms with Crippen LogP contribution in [-0.2, 0) is 4.74 Å². The summed E-state index contributed by atoms with van der Waals surface area (Å²) in [5, 5.41) is 3.34. The van der Waals surface area contributed by atoms with Gasteiger partial charge in [0.2, 0.25) is 0 Å². The van der Waals surface area contributed by atoms with Crippen LogP contribution in [0.3, 0.4) is 0 Å². The molecule has 0 aliphatic carbocycles. The Hall–Kier alpha value is -0.610. The SMILES string of the molecule is COCCC(C)Nc1cncc(Br)c1. The van der Waals surface area contributed by atoms with Crippen LogP contribution in [0.5, 0.6) is 0 Å². The second kappa shape index (κ2) is 5.98. The van der Waals surface area contributed by atoms with Gasteiger partial charge in [-0.25, -0.2) is 0 Å². The van der Waals surface area contributed by atoms with Gasteiger partial charge in [0.1, 0.15) is 0 Å². The van der Waals surface area contributed by atoms with Crippen LogP contribution in [0.4, 0.5) is 5.69 Å². The molecular weight excluding hydrogens is 244 g/mol. The summed E-state index contributed by atoms with van der Waals surface area (Å²) >= 11 is 3.38. The molecule has 1 atom stereocenters. The quantitative estimate of drug-likeness (QED) is 0.882. The number of methoxy groups -OCH3 is 1. The smallest absolute Gasteiger partial charge is 0.0540 e. The largest absolute Gasteiger partial charge is 0.385 e. The van der Waals surface area contributed by atoms with Crippen molar-refractivity contribution in [1.82, 2.24) is 4.98 Å². The van der Waals surface area contributed by atoms with E-state index in [1.165, 1.54) is 0 Å². The minimum absolute atomic E-state index is 0.394. The highest BCUT2D eigenvalue weighted by molar-refractivity contribution is 9.10. The summed E-state index contributed by atoms with van der Waals surface area (Å²) < 4.78 is 6.00.